The zero-order valence-corrected chi connectivity index (χ0v) is 9.57. The normalized spacial score (nSPS) is 25.5. The minimum Gasteiger partial charge on any atom is -0.333 e. The summed E-state index contributed by atoms with van der Waals surface area (Å²) < 4.78 is 3.63. The van der Waals surface area contributed by atoms with Gasteiger partial charge in [-0.15, -0.1) is 11.8 Å². The van der Waals surface area contributed by atoms with Gasteiger partial charge < -0.3 is 4.84 Å². The molecule has 0 bridgehead atoms. The lowest BCUT2D eigenvalue weighted by Crippen LogP contribution is -2.58. The van der Waals surface area contributed by atoms with Gasteiger partial charge in [0.1, 0.15) is 5.37 Å². The number of rotatable bonds is 2. The lowest BCUT2D eigenvalue weighted by atomic mass is 10.2. The van der Waals surface area contributed by atoms with E-state index in [0.29, 0.717) is 11.6 Å². The molecule has 0 unspecified atom stereocenters. The molecule has 0 N–H and O–H groups in total. The van der Waals surface area contributed by atoms with E-state index in [2.05, 4.69) is 14.7 Å². The van der Waals surface area contributed by atoms with E-state index in [1.807, 2.05) is 6.08 Å². The van der Waals surface area contributed by atoms with Crippen LogP contribution in [0.1, 0.15) is 0 Å². The Balaban J connectivity index is 1.74. The highest BCUT2D eigenvalue weighted by Gasteiger charge is 2.45. The second kappa shape index (κ2) is 3.87. The van der Waals surface area contributed by atoms with Crippen LogP contribution < -0.4 is 4.84 Å². The highest BCUT2D eigenvalue weighted by molar-refractivity contribution is 8.01. The van der Waals surface area contributed by atoms with Crippen molar-refractivity contribution >= 4 is 34.9 Å². The fourth-order valence-electron chi connectivity index (χ4n) is 1.39. The quantitative estimate of drug-likeness (QED) is 0.574. The number of amides is 1. The van der Waals surface area contributed by atoms with Gasteiger partial charge in [0.25, 0.3) is 11.8 Å². The summed E-state index contributed by atoms with van der Waals surface area (Å²) in [5.74, 6) is 1.09. The van der Waals surface area contributed by atoms with Gasteiger partial charge in [-0.05, 0) is 11.5 Å². The molecule has 8 heteroatoms. The van der Waals surface area contributed by atoms with Crippen LogP contribution in [0.15, 0.2) is 22.8 Å². The Kier molecular flexibility index (Phi) is 2.37. The topological polar surface area (TPSA) is 67.7 Å². The number of hydrogen-bond acceptors (Lipinski definition) is 7. The number of oxime groups is 1. The first-order valence-corrected chi connectivity index (χ1v) is 6.37. The fraction of sp³-hybridized carbons (Fsp3) is 0.250. The van der Waals surface area contributed by atoms with E-state index >= 15 is 0 Å². The molecule has 1 atom stereocenters. The van der Waals surface area contributed by atoms with Gasteiger partial charge in [0.15, 0.2) is 5.71 Å². The first-order valence-electron chi connectivity index (χ1n) is 4.49. The average molecular weight is 254 g/mol. The highest BCUT2D eigenvalue weighted by Crippen LogP contribution is 2.31. The summed E-state index contributed by atoms with van der Waals surface area (Å²) in [6.07, 6.45) is 3.73. The third-order valence-corrected chi connectivity index (χ3v) is 3.77. The van der Waals surface area contributed by atoms with Crippen molar-refractivity contribution < 1.29 is 9.63 Å². The molecule has 1 amide bonds. The predicted molar refractivity (Wildman–Crippen MR) is 60.2 cm³/mol. The lowest BCUT2D eigenvalue weighted by molar-refractivity contribution is -0.125. The molecule has 16 heavy (non-hydrogen) atoms. The van der Waals surface area contributed by atoms with Gasteiger partial charge in [0.05, 0.1) is 5.38 Å². The Morgan fingerprint density at radius 3 is 3.38 bits per heavy atom. The molecule has 0 aliphatic carbocycles. The third-order valence-electron chi connectivity index (χ3n) is 2.13. The summed E-state index contributed by atoms with van der Waals surface area (Å²) in [5, 5.41) is 9.10. The molecule has 1 aromatic rings. The molecule has 82 valence electrons. The Labute approximate surface area is 99.1 Å². The van der Waals surface area contributed by atoms with Crippen molar-refractivity contribution in [3.05, 3.63) is 17.7 Å². The smallest absolute Gasteiger partial charge is 0.280 e. The molecular formula is C8H6N4O2S2. The van der Waals surface area contributed by atoms with Crippen LogP contribution in [-0.2, 0) is 4.79 Å². The molecule has 3 rings (SSSR count). The van der Waals surface area contributed by atoms with Crippen molar-refractivity contribution in [2.45, 2.75) is 5.37 Å². The van der Waals surface area contributed by atoms with E-state index < -0.39 is 0 Å². The van der Waals surface area contributed by atoms with Gasteiger partial charge >= 0.3 is 0 Å². The van der Waals surface area contributed by atoms with Crippen LogP contribution in [0.3, 0.4) is 0 Å². The number of thioether (sulfide) groups is 1. The van der Waals surface area contributed by atoms with Crippen molar-refractivity contribution in [2.75, 3.05) is 5.75 Å². The SMILES string of the molecule is O=C1C(=NOc2csnn2)[C@@H]2SCC=CN12. The Morgan fingerprint density at radius 2 is 2.56 bits per heavy atom. The van der Waals surface area contributed by atoms with Crippen molar-refractivity contribution in [1.29, 1.82) is 0 Å². The molecule has 1 fully saturated rings. The Bertz CT molecular complexity index is 470. The minimum atomic E-state index is -0.114. The third kappa shape index (κ3) is 1.50. The van der Waals surface area contributed by atoms with Crippen LogP contribution in [0.5, 0.6) is 5.88 Å². The molecule has 0 spiro atoms. The minimum absolute atomic E-state index is 0.0101. The molecule has 0 aromatic carbocycles. The monoisotopic (exact) mass is 254 g/mol. The van der Waals surface area contributed by atoms with Crippen LogP contribution in [0.25, 0.3) is 0 Å². The number of carbonyl (C=O) groups excluding carboxylic acids is 1. The Morgan fingerprint density at radius 1 is 1.62 bits per heavy atom. The van der Waals surface area contributed by atoms with Crippen LogP contribution in [0, 0.1) is 0 Å². The standard InChI is InChI=1S/C8H6N4O2S2/c13-7-6(8-12(7)2-1-3-15-8)10-14-5-4-16-11-9-5/h1-2,4,8H,3H2/t8-/m0/s1. The fourth-order valence-corrected chi connectivity index (χ4v) is 2.76. The van der Waals surface area contributed by atoms with Gasteiger partial charge in [-0.2, -0.15) is 0 Å². The van der Waals surface area contributed by atoms with E-state index in [-0.39, 0.29) is 11.3 Å². The van der Waals surface area contributed by atoms with E-state index in [1.165, 1.54) is 11.5 Å². The maximum Gasteiger partial charge on any atom is 0.280 e. The van der Waals surface area contributed by atoms with E-state index in [1.54, 1.807) is 28.2 Å². The van der Waals surface area contributed by atoms with Crippen molar-refractivity contribution in [2.24, 2.45) is 5.16 Å². The largest absolute Gasteiger partial charge is 0.333 e. The Hall–Kier alpha value is -1.41. The van der Waals surface area contributed by atoms with Gasteiger partial charge in [-0.1, -0.05) is 20.8 Å². The second-order valence-corrected chi connectivity index (χ2v) is 4.82. The van der Waals surface area contributed by atoms with Gasteiger partial charge in [-0.25, -0.2) is 0 Å². The zero-order valence-electron chi connectivity index (χ0n) is 7.94. The first-order chi connectivity index (χ1) is 7.86. The predicted octanol–water partition coefficient (Wildman–Crippen LogP) is 0.702. The van der Waals surface area contributed by atoms with Crippen LogP contribution in [0.2, 0.25) is 0 Å². The second-order valence-electron chi connectivity index (χ2n) is 3.09. The van der Waals surface area contributed by atoms with Crippen molar-refractivity contribution in [3.63, 3.8) is 0 Å². The van der Waals surface area contributed by atoms with Crippen LogP contribution in [0.4, 0.5) is 0 Å². The molecule has 0 saturated carbocycles. The molecule has 1 aromatic heterocycles. The zero-order chi connectivity index (χ0) is 11.0. The summed E-state index contributed by atoms with van der Waals surface area (Å²) in [6.45, 7) is 0. The summed E-state index contributed by atoms with van der Waals surface area (Å²) in [5.41, 5.74) is 0.433. The number of nitrogens with zero attached hydrogens (tertiary/aromatic N) is 4. The van der Waals surface area contributed by atoms with E-state index in [4.69, 9.17) is 4.84 Å². The summed E-state index contributed by atoms with van der Waals surface area (Å²) >= 11 is 2.81. The van der Waals surface area contributed by atoms with Crippen molar-refractivity contribution in [3.8, 4) is 5.88 Å². The maximum atomic E-state index is 11.6. The number of hydrogen-bond donors (Lipinski definition) is 0. The van der Waals surface area contributed by atoms with Gasteiger partial charge in [0, 0.05) is 12.0 Å². The first kappa shape index (κ1) is 9.79. The highest BCUT2D eigenvalue weighted by atomic mass is 32.2. The summed E-state index contributed by atoms with van der Waals surface area (Å²) in [7, 11) is 0. The van der Waals surface area contributed by atoms with E-state index in [0.717, 1.165) is 5.75 Å². The van der Waals surface area contributed by atoms with Crippen LogP contribution in [-0.4, -0.2) is 37.2 Å². The number of β-lactam (4-membered cyclic amide) rings is 1. The molecule has 1 saturated heterocycles. The molecule has 2 aliphatic heterocycles. The van der Waals surface area contributed by atoms with Crippen LogP contribution >= 0.6 is 23.3 Å². The average Bonchev–Trinajstić information content (AvgIpc) is 2.82. The van der Waals surface area contributed by atoms with Gasteiger partial charge in [0.2, 0.25) is 0 Å². The maximum absolute atomic E-state index is 11.6. The van der Waals surface area contributed by atoms with E-state index in [9.17, 15) is 4.79 Å². The summed E-state index contributed by atoms with van der Waals surface area (Å²) in [6, 6.07) is 0. The number of fused-ring (bicyclic) bond motifs is 1. The van der Waals surface area contributed by atoms with Gasteiger partial charge in [-0.3, -0.25) is 9.69 Å². The molecule has 0 radical (unpaired) electrons. The molecule has 6 nitrogen and oxygen atoms in total. The lowest BCUT2D eigenvalue weighted by Gasteiger charge is -2.39. The number of carbonyl (C=O) groups is 1. The summed E-state index contributed by atoms with van der Waals surface area (Å²) in [4.78, 5) is 18.2. The molecule has 2 aliphatic rings. The molecular weight excluding hydrogens is 248 g/mol. The van der Waals surface area contributed by atoms with Crippen molar-refractivity contribution in [1.82, 2.24) is 14.5 Å². The molecule has 3 heterocycles. The number of aromatic nitrogens is 2.